The van der Waals surface area contributed by atoms with E-state index in [0.29, 0.717) is 0 Å². The Balaban J connectivity index is 4.51. The number of hydrogen-bond acceptors (Lipinski definition) is 2. The molecule has 0 spiro atoms. The minimum Gasteiger partial charge on any atom is -0.346 e. The fraction of sp³-hybridized carbons (Fsp3) is 1.00. The van der Waals surface area contributed by atoms with Gasteiger partial charge in [-0.25, -0.2) is 0 Å². The maximum Gasteiger partial charge on any atom is 0.156 e. The zero-order chi connectivity index (χ0) is 13.3. The van der Waals surface area contributed by atoms with E-state index < -0.39 is 0 Å². The molecule has 0 saturated carbocycles. The van der Waals surface area contributed by atoms with Gasteiger partial charge < -0.3 is 9.47 Å². The first kappa shape index (κ1) is 17.4. The lowest BCUT2D eigenvalue weighted by molar-refractivity contribution is -0.213. The molecule has 2 nitrogen and oxygen atoms in total. The van der Waals surface area contributed by atoms with Crippen LogP contribution in [0.4, 0.5) is 0 Å². The van der Waals surface area contributed by atoms with E-state index in [1.807, 2.05) is 13.8 Å². The first-order chi connectivity index (χ1) is 7.99. The Hall–Kier alpha value is 0.350. The molecular formula is C14H31O2P. The Labute approximate surface area is 110 Å². The van der Waals surface area contributed by atoms with Crippen molar-refractivity contribution in [2.45, 2.75) is 90.9 Å². The van der Waals surface area contributed by atoms with E-state index in [1.54, 1.807) is 0 Å². The Kier molecular flexibility index (Phi) is 9.49. The predicted molar refractivity (Wildman–Crippen MR) is 78.3 cm³/mol. The highest BCUT2D eigenvalue weighted by molar-refractivity contribution is 7.17. The minimum absolute atomic E-state index is 0.0250. The summed E-state index contributed by atoms with van der Waals surface area (Å²) in [6, 6.07) is 0. The maximum absolute atomic E-state index is 6.23. The van der Waals surface area contributed by atoms with Crippen LogP contribution in [0.1, 0.15) is 73.1 Å². The van der Waals surface area contributed by atoms with Gasteiger partial charge in [-0.15, -0.1) is 9.24 Å². The average Bonchev–Trinajstić information content (AvgIpc) is 2.16. The molecule has 17 heavy (non-hydrogen) atoms. The Morgan fingerprint density at radius 3 is 1.65 bits per heavy atom. The second-order valence-electron chi connectivity index (χ2n) is 4.96. The van der Waals surface area contributed by atoms with E-state index in [2.05, 4.69) is 30.0 Å². The van der Waals surface area contributed by atoms with Gasteiger partial charge in [0.15, 0.2) is 6.29 Å². The van der Waals surface area contributed by atoms with Crippen LogP contribution in [0.2, 0.25) is 0 Å². The summed E-state index contributed by atoms with van der Waals surface area (Å²) in [5.41, 5.74) is 0.0250. The van der Waals surface area contributed by atoms with Crippen LogP contribution in [0.25, 0.3) is 0 Å². The van der Waals surface area contributed by atoms with E-state index >= 15 is 0 Å². The molecule has 0 heterocycles. The molecule has 0 amide bonds. The first-order valence-electron chi connectivity index (χ1n) is 7.08. The Bertz CT molecular complexity index is 166. The molecule has 104 valence electrons. The van der Waals surface area contributed by atoms with Crippen LogP contribution >= 0.6 is 9.24 Å². The highest BCUT2D eigenvalue weighted by Gasteiger charge is 2.30. The van der Waals surface area contributed by atoms with Crippen LogP contribution in [0.5, 0.6) is 0 Å². The topological polar surface area (TPSA) is 18.5 Å². The van der Waals surface area contributed by atoms with Gasteiger partial charge in [0.1, 0.15) is 0 Å². The quantitative estimate of drug-likeness (QED) is 0.419. The van der Waals surface area contributed by atoms with Gasteiger partial charge in [-0.1, -0.05) is 40.0 Å². The fourth-order valence-electron chi connectivity index (χ4n) is 2.60. The molecule has 0 aromatic rings. The molecule has 3 heteroatoms. The number of rotatable bonds is 10. The van der Waals surface area contributed by atoms with Crippen molar-refractivity contribution in [3.05, 3.63) is 0 Å². The van der Waals surface area contributed by atoms with E-state index in [0.717, 1.165) is 19.3 Å². The molecule has 0 aromatic carbocycles. The molecule has 0 aromatic heterocycles. The second-order valence-corrected chi connectivity index (χ2v) is 5.90. The summed E-state index contributed by atoms with van der Waals surface area (Å²) in [5, 5.41) is 0. The molecule has 0 rings (SSSR count). The summed E-state index contributed by atoms with van der Waals surface area (Å²) in [5.74, 6) is 0.146. The smallest absolute Gasteiger partial charge is 0.156 e. The SMILES string of the molecule is CCCC(CCC)(CCC)OC(C)OC(C)P. The predicted octanol–water partition coefficient (Wildman–Crippen LogP) is 4.73. The van der Waals surface area contributed by atoms with Crippen molar-refractivity contribution in [3.8, 4) is 0 Å². The summed E-state index contributed by atoms with van der Waals surface area (Å²) >= 11 is 0. The van der Waals surface area contributed by atoms with Gasteiger partial charge in [0.05, 0.1) is 11.4 Å². The Morgan fingerprint density at radius 1 is 0.941 bits per heavy atom. The third kappa shape index (κ3) is 7.39. The average molecular weight is 262 g/mol. The highest BCUT2D eigenvalue weighted by atomic mass is 31.0. The van der Waals surface area contributed by atoms with Gasteiger partial charge in [-0.05, 0) is 33.1 Å². The van der Waals surface area contributed by atoms with Crippen LogP contribution in [0.15, 0.2) is 0 Å². The normalized spacial score (nSPS) is 15.9. The molecule has 0 bridgehead atoms. The van der Waals surface area contributed by atoms with Crippen molar-refractivity contribution < 1.29 is 9.47 Å². The molecule has 0 fully saturated rings. The third-order valence-corrected chi connectivity index (χ3v) is 3.10. The van der Waals surface area contributed by atoms with E-state index in [9.17, 15) is 0 Å². The molecule has 0 aliphatic rings. The van der Waals surface area contributed by atoms with Gasteiger partial charge in [-0.3, -0.25) is 0 Å². The monoisotopic (exact) mass is 262 g/mol. The van der Waals surface area contributed by atoms with Crippen molar-refractivity contribution >= 4 is 9.24 Å². The number of ether oxygens (including phenoxy) is 2. The van der Waals surface area contributed by atoms with E-state index in [-0.39, 0.29) is 17.7 Å². The van der Waals surface area contributed by atoms with Gasteiger partial charge in [0.25, 0.3) is 0 Å². The van der Waals surface area contributed by atoms with E-state index in [1.165, 1.54) is 19.3 Å². The molecule has 0 aliphatic heterocycles. The van der Waals surface area contributed by atoms with Crippen LogP contribution in [-0.2, 0) is 9.47 Å². The third-order valence-electron chi connectivity index (χ3n) is 2.94. The van der Waals surface area contributed by atoms with Gasteiger partial charge in [-0.2, -0.15) is 0 Å². The van der Waals surface area contributed by atoms with E-state index in [4.69, 9.17) is 9.47 Å². The number of hydrogen-bond donors (Lipinski definition) is 0. The zero-order valence-electron chi connectivity index (χ0n) is 12.3. The summed E-state index contributed by atoms with van der Waals surface area (Å²) < 4.78 is 11.9. The summed E-state index contributed by atoms with van der Waals surface area (Å²) in [4.78, 5) is 0. The van der Waals surface area contributed by atoms with Gasteiger partial charge in [0.2, 0.25) is 0 Å². The first-order valence-corrected chi connectivity index (χ1v) is 7.75. The molecule has 3 atom stereocenters. The van der Waals surface area contributed by atoms with Gasteiger partial charge >= 0.3 is 0 Å². The standard InChI is InChI=1S/C14H31O2P/c1-6-9-14(10-7-2,11-8-3)16-12(4)15-13(5)17/h12-13H,6-11,17H2,1-5H3. The molecule has 0 saturated heterocycles. The Morgan fingerprint density at radius 2 is 1.35 bits per heavy atom. The lowest BCUT2D eigenvalue weighted by atomic mass is 9.88. The highest BCUT2D eigenvalue weighted by Crippen LogP contribution is 2.31. The lowest BCUT2D eigenvalue weighted by Gasteiger charge is -2.36. The maximum atomic E-state index is 6.23. The van der Waals surface area contributed by atoms with Crippen molar-refractivity contribution in [1.29, 1.82) is 0 Å². The van der Waals surface area contributed by atoms with Gasteiger partial charge in [0, 0.05) is 0 Å². The zero-order valence-corrected chi connectivity index (χ0v) is 13.4. The van der Waals surface area contributed by atoms with Crippen molar-refractivity contribution in [2.24, 2.45) is 0 Å². The van der Waals surface area contributed by atoms with Crippen molar-refractivity contribution in [2.75, 3.05) is 0 Å². The molecule has 0 radical (unpaired) electrons. The molecular weight excluding hydrogens is 231 g/mol. The minimum atomic E-state index is -0.118. The van der Waals surface area contributed by atoms with Crippen molar-refractivity contribution in [1.82, 2.24) is 0 Å². The summed E-state index contributed by atoms with van der Waals surface area (Å²) in [6.07, 6.45) is 6.79. The molecule has 0 aliphatic carbocycles. The lowest BCUT2D eigenvalue weighted by Crippen LogP contribution is -2.37. The fourth-order valence-corrected chi connectivity index (χ4v) is 2.82. The van der Waals surface area contributed by atoms with Crippen LogP contribution < -0.4 is 0 Å². The summed E-state index contributed by atoms with van der Waals surface area (Å²) in [6.45, 7) is 10.7. The van der Waals surface area contributed by atoms with Crippen LogP contribution in [0.3, 0.4) is 0 Å². The van der Waals surface area contributed by atoms with Crippen LogP contribution in [-0.4, -0.2) is 17.7 Å². The summed E-state index contributed by atoms with van der Waals surface area (Å²) in [7, 11) is 2.65. The largest absolute Gasteiger partial charge is 0.346 e. The second kappa shape index (κ2) is 9.30. The van der Waals surface area contributed by atoms with Crippen molar-refractivity contribution in [3.63, 3.8) is 0 Å². The van der Waals surface area contributed by atoms with Crippen LogP contribution in [0, 0.1) is 0 Å². The molecule has 0 N–H and O–H groups in total. The molecule has 3 unspecified atom stereocenters.